The first-order valence-corrected chi connectivity index (χ1v) is 15.4. The maximum atomic E-state index is 13.2. The summed E-state index contributed by atoms with van der Waals surface area (Å²) < 4.78 is 2.03. The molecule has 38 heavy (non-hydrogen) atoms. The fraction of sp³-hybridized carbons (Fsp3) is 0.517. The lowest BCUT2D eigenvalue weighted by molar-refractivity contribution is -0.144. The van der Waals surface area contributed by atoms with Crippen LogP contribution in [0, 0.1) is 11.8 Å². The molecule has 2 fully saturated rings. The molecule has 1 aromatic heterocycles. The van der Waals surface area contributed by atoms with Crippen LogP contribution < -0.4 is 0 Å². The van der Waals surface area contributed by atoms with Crippen molar-refractivity contribution in [2.24, 2.45) is 11.8 Å². The standard InChI is InChI=1S/C29H32Br2ClN3O3/c1-17(36)29(38)35-8-4-18(5-9-35)12-25(37)34-10-6-19(7-11-34)27-26-20(14-23(32)15-24(26)31)2-3-21-13-22(30)16-33-28(21)27/h13-16,18-19,27H,2-12H2,1H3/t27-/m1/s1. The number of nitrogens with zero attached hydrogens (tertiary/aromatic N) is 3. The lowest BCUT2D eigenvalue weighted by Crippen LogP contribution is -2.44. The van der Waals surface area contributed by atoms with Crippen LogP contribution in [0.25, 0.3) is 0 Å². The highest BCUT2D eigenvalue weighted by Crippen LogP contribution is 2.46. The summed E-state index contributed by atoms with van der Waals surface area (Å²) in [6.07, 6.45) is 7.65. The van der Waals surface area contributed by atoms with Gasteiger partial charge in [0, 0.05) is 65.6 Å². The zero-order valence-electron chi connectivity index (χ0n) is 21.5. The summed E-state index contributed by atoms with van der Waals surface area (Å²) in [5.41, 5.74) is 4.99. The van der Waals surface area contributed by atoms with Crippen molar-refractivity contribution in [2.75, 3.05) is 26.2 Å². The normalized spacial score (nSPS) is 20.5. The first-order valence-electron chi connectivity index (χ1n) is 13.4. The van der Waals surface area contributed by atoms with Gasteiger partial charge in [-0.2, -0.15) is 0 Å². The van der Waals surface area contributed by atoms with E-state index in [4.69, 9.17) is 16.6 Å². The molecule has 1 aliphatic carbocycles. The van der Waals surface area contributed by atoms with E-state index < -0.39 is 11.7 Å². The summed E-state index contributed by atoms with van der Waals surface area (Å²) in [6.45, 7) is 3.92. The highest BCUT2D eigenvalue weighted by atomic mass is 79.9. The van der Waals surface area contributed by atoms with Gasteiger partial charge in [0.2, 0.25) is 11.7 Å². The molecular weight excluding hydrogens is 634 g/mol. The van der Waals surface area contributed by atoms with Crippen molar-refractivity contribution in [3.05, 3.63) is 60.7 Å². The van der Waals surface area contributed by atoms with E-state index in [0.29, 0.717) is 25.4 Å². The SMILES string of the molecule is CC(=O)C(=O)N1CCC(CC(=O)N2CCC([C@H]3c4ncc(Br)cc4CCc4cc(Cl)cc(Br)c43)CC2)CC1. The zero-order chi connectivity index (χ0) is 27.0. The fourth-order valence-corrected chi connectivity index (χ4v) is 7.95. The fourth-order valence-electron chi connectivity index (χ4n) is 6.45. The van der Waals surface area contributed by atoms with Gasteiger partial charge in [-0.25, -0.2) is 0 Å². The Hall–Kier alpha value is -1.77. The lowest BCUT2D eigenvalue weighted by atomic mass is 9.76. The largest absolute Gasteiger partial charge is 0.343 e. The number of aromatic nitrogens is 1. The number of carbonyl (C=O) groups is 3. The molecule has 1 atom stereocenters. The second kappa shape index (κ2) is 11.8. The second-order valence-electron chi connectivity index (χ2n) is 10.9. The van der Waals surface area contributed by atoms with Crippen molar-refractivity contribution in [3.8, 4) is 0 Å². The van der Waals surface area contributed by atoms with E-state index in [1.165, 1.54) is 23.6 Å². The third-order valence-electron chi connectivity index (χ3n) is 8.45. The highest BCUT2D eigenvalue weighted by Gasteiger charge is 2.37. The monoisotopic (exact) mass is 663 g/mol. The number of aryl methyl sites for hydroxylation is 2. The number of halogens is 3. The average Bonchev–Trinajstić information content (AvgIpc) is 3.05. The maximum Gasteiger partial charge on any atom is 0.289 e. The van der Waals surface area contributed by atoms with Crippen LogP contribution in [0.1, 0.15) is 67.3 Å². The first-order chi connectivity index (χ1) is 18.2. The molecule has 0 radical (unpaired) electrons. The van der Waals surface area contributed by atoms with Crippen LogP contribution in [-0.4, -0.2) is 58.6 Å². The molecule has 3 aliphatic rings. The summed E-state index contributed by atoms with van der Waals surface area (Å²) in [5, 5.41) is 0.742. The van der Waals surface area contributed by atoms with E-state index >= 15 is 0 Å². The Morgan fingerprint density at radius 3 is 2.29 bits per heavy atom. The molecule has 0 unspecified atom stereocenters. The van der Waals surface area contributed by atoms with Crippen molar-refractivity contribution in [1.29, 1.82) is 0 Å². The lowest BCUT2D eigenvalue weighted by Gasteiger charge is -2.38. The summed E-state index contributed by atoms with van der Waals surface area (Å²) >= 11 is 13.9. The molecule has 0 N–H and O–H groups in total. The van der Waals surface area contributed by atoms with Crippen LogP contribution in [0.2, 0.25) is 5.02 Å². The Morgan fingerprint density at radius 2 is 1.61 bits per heavy atom. The molecule has 2 aromatic rings. The van der Waals surface area contributed by atoms with Gasteiger partial charge in [-0.05, 0) is 101 Å². The number of pyridine rings is 1. The molecule has 202 valence electrons. The molecule has 9 heteroatoms. The molecule has 1 aromatic carbocycles. The second-order valence-corrected chi connectivity index (χ2v) is 13.1. The highest BCUT2D eigenvalue weighted by molar-refractivity contribution is 9.10. The predicted molar refractivity (Wildman–Crippen MR) is 154 cm³/mol. The van der Waals surface area contributed by atoms with Crippen molar-refractivity contribution < 1.29 is 14.4 Å². The number of rotatable bonds is 4. The van der Waals surface area contributed by atoms with Crippen LogP contribution in [0.5, 0.6) is 0 Å². The van der Waals surface area contributed by atoms with E-state index in [1.807, 2.05) is 17.2 Å². The summed E-state index contributed by atoms with van der Waals surface area (Å²) in [7, 11) is 0. The number of fused-ring (bicyclic) bond motifs is 2. The minimum absolute atomic E-state index is 0.155. The molecule has 3 heterocycles. The van der Waals surface area contributed by atoms with Crippen molar-refractivity contribution in [3.63, 3.8) is 0 Å². The van der Waals surface area contributed by atoms with E-state index in [-0.39, 0.29) is 17.7 Å². The van der Waals surface area contributed by atoms with E-state index in [1.54, 1.807) is 4.90 Å². The van der Waals surface area contributed by atoms with Crippen molar-refractivity contribution >= 4 is 61.1 Å². The average molecular weight is 666 g/mol. The topological polar surface area (TPSA) is 70.6 Å². The van der Waals surface area contributed by atoms with Gasteiger partial charge >= 0.3 is 0 Å². The molecule has 5 rings (SSSR count). The van der Waals surface area contributed by atoms with E-state index in [9.17, 15) is 14.4 Å². The third kappa shape index (κ3) is 5.87. The van der Waals surface area contributed by atoms with Crippen LogP contribution in [0.3, 0.4) is 0 Å². The van der Waals surface area contributed by atoms with Gasteiger partial charge in [-0.1, -0.05) is 27.5 Å². The van der Waals surface area contributed by atoms with Gasteiger partial charge in [0.1, 0.15) is 0 Å². The van der Waals surface area contributed by atoms with Crippen LogP contribution in [0.15, 0.2) is 33.3 Å². The Balaban J connectivity index is 1.27. The van der Waals surface area contributed by atoms with Gasteiger partial charge in [-0.3, -0.25) is 19.4 Å². The van der Waals surface area contributed by atoms with Crippen LogP contribution >= 0.6 is 43.5 Å². The van der Waals surface area contributed by atoms with Gasteiger partial charge in [0.05, 0.1) is 5.69 Å². The van der Waals surface area contributed by atoms with Crippen LogP contribution in [0.4, 0.5) is 0 Å². The number of carbonyl (C=O) groups excluding carboxylic acids is 3. The van der Waals surface area contributed by atoms with Crippen molar-refractivity contribution in [2.45, 2.75) is 57.8 Å². The molecular formula is C29H32Br2ClN3O3. The number of hydrogen-bond donors (Lipinski definition) is 0. The van der Waals surface area contributed by atoms with Crippen LogP contribution in [-0.2, 0) is 27.2 Å². The maximum absolute atomic E-state index is 13.2. The number of benzene rings is 1. The number of likely N-dealkylation sites (tertiary alicyclic amines) is 2. The predicted octanol–water partition coefficient (Wildman–Crippen LogP) is 5.95. The quantitative estimate of drug-likeness (QED) is 0.379. The molecule has 0 bridgehead atoms. The number of ketones is 1. The van der Waals surface area contributed by atoms with Gasteiger partial charge in [-0.15, -0.1) is 0 Å². The number of piperidine rings is 2. The molecule has 0 spiro atoms. The van der Waals surface area contributed by atoms with Gasteiger partial charge in [0.15, 0.2) is 0 Å². The van der Waals surface area contributed by atoms with E-state index in [0.717, 1.165) is 71.3 Å². The van der Waals surface area contributed by atoms with Gasteiger partial charge in [0.25, 0.3) is 5.91 Å². The van der Waals surface area contributed by atoms with Gasteiger partial charge < -0.3 is 9.80 Å². The molecule has 2 amide bonds. The summed E-state index contributed by atoms with van der Waals surface area (Å²) in [6, 6.07) is 6.29. The first kappa shape index (κ1) is 27.8. The third-order valence-corrected chi connectivity index (χ3v) is 9.76. The minimum Gasteiger partial charge on any atom is -0.343 e. The Labute approximate surface area is 245 Å². The molecule has 2 saturated heterocycles. The number of Topliss-reactive ketones (excluding diaryl/α,β-unsaturated/α-hetero) is 1. The number of amides is 2. The molecule has 0 saturated carbocycles. The Bertz CT molecular complexity index is 1250. The zero-order valence-corrected chi connectivity index (χ0v) is 25.4. The van der Waals surface area contributed by atoms with Crippen molar-refractivity contribution in [1.82, 2.24) is 14.8 Å². The Kier molecular flexibility index (Phi) is 8.60. The minimum atomic E-state index is -0.417. The molecule has 6 nitrogen and oxygen atoms in total. The summed E-state index contributed by atoms with van der Waals surface area (Å²) in [5.74, 6) is 0.175. The van der Waals surface area contributed by atoms with E-state index in [2.05, 4.69) is 44.0 Å². The molecule has 2 aliphatic heterocycles. The smallest absolute Gasteiger partial charge is 0.289 e. The summed E-state index contributed by atoms with van der Waals surface area (Å²) in [4.78, 5) is 45.1. The number of hydrogen-bond acceptors (Lipinski definition) is 4. The Morgan fingerprint density at radius 1 is 0.947 bits per heavy atom.